The van der Waals surface area contributed by atoms with E-state index in [2.05, 4.69) is 0 Å². The molecule has 30 heavy (non-hydrogen) atoms. The van der Waals surface area contributed by atoms with Gasteiger partial charge in [0.2, 0.25) is 5.91 Å². The van der Waals surface area contributed by atoms with Crippen LogP contribution in [0.2, 0.25) is 10.0 Å². The molecule has 2 aliphatic heterocycles. The molecule has 0 N–H and O–H groups in total. The van der Waals surface area contributed by atoms with E-state index in [1.165, 1.54) is 6.07 Å². The van der Waals surface area contributed by atoms with Crippen LogP contribution in [0.5, 0.6) is 0 Å². The van der Waals surface area contributed by atoms with E-state index in [-0.39, 0.29) is 10.9 Å². The van der Waals surface area contributed by atoms with Gasteiger partial charge in [0.05, 0.1) is 22.4 Å². The Bertz CT molecular complexity index is 1120. The van der Waals surface area contributed by atoms with E-state index in [9.17, 15) is 9.59 Å². The number of fused-ring (bicyclic) bond motifs is 1. The van der Waals surface area contributed by atoms with Crippen molar-refractivity contribution in [2.24, 2.45) is 5.92 Å². The predicted molar refractivity (Wildman–Crippen MR) is 115 cm³/mol. The number of hydrogen-bond donors (Lipinski definition) is 0. The van der Waals surface area contributed by atoms with Crippen LogP contribution < -0.4 is 9.96 Å². The number of rotatable bonds is 3. The maximum absolute atomic E-state index is 13.5. The quantitative estimate of drug-likeness (QED) is 0.537. The first-order chi connectivity index (χ1) is 14.6. The van der Waals surface area contributed by atoms with Crippen molar-refractivity contribution in [3.63, 3.8) is 0 Å². The second-order valence-electron chi connectivity index (χ2n) is 7.18. The van der Waals surface area contributed by atoms with Crippen LogP contribution in [0.15, 0.2) is 78.9 Å². The molecule has 7 heteroatoms. The van der Waals surface area contributed by atoms with E-state index < -0.39 is 24.0 Å². The normalized spacial score (nSPS) is 23.2. The maximum atomic E-state index is 13.5. The van der Waals surface area contributed by atoms with Gasteiger partial charge in [-0.2, -0.15) is 0 Å². The second-order valence-corrected chi connectivity index (χ2v) is 8.02. The number of amides is 2. The molecule has 2 amide bonds. The molecule has 3 atom stereocenters. The van der Waals surface area contributed by atoms with E-state index in [0.717, 1.165) is 16.2 Å². The molecule has 2 fully saturated rings. The minimum atomic E-state index is -0.936. The summed E-state index contributed by atoms with van der Waals surface area (Å²) >= 11 is 12.3. The van der Waals surface area contributed by atoms with Crippen molar-refractivity contribution >= 4 is 46.4 Å². The summed E-state index contributed by atoms with van der Waals surface area (Å²) in [4.78, 5) is 34.0. The number of hydroxylamine groups is 1. The van der Waals surface area contributed by atoms with E-state index in [1.54, 1.807) is 17.2 Å². The smallest absolute Gasteiger partial charge is 0.266 e. The highest BCUT2D eigenvalue weighted by molar-refractivity contribution is 6.38. The molecule has 0 aliphatic carbocycles. The summed E-state index contributed by atoms with van der Waals surface area (Å²) in [6.45, 7) is 0. The number of carbonyl (C=O) groups excluding carboxylic acids is 2. The van der Waals surface area contributed by atoms with Crippen LogP contribution in [0, 0.1) is 5.92 Å². The van der Waals surface area contributed by atoms with Crippen molar-refractivity contribution in [2.45, 2.75) is 12.1 Å². The monoisotopic (exact) mass is 438 g/mol. The van der Waals surface area contributed by atoms with Crippen LogP contribution in [-0.4, -0.2) is 17.9 Å². The lowest BCUT2D eigenvalue weighted by Crippen LogP contribution is -2.37. The fourth-order valence-electron chi connectivity index (χ4n) is 4.10. The summed E-state index contributed by atoms with van der Waals surface area (Å²) in [6.07, 6.45) is -0.936. The van der Waals surface area contributed by atoms with Crippen LogP contribution in [0.3, 0.4) is 0 Å². The summed E-state index contributed by atoms with van der Waals surface area (Å²) < 4.78 is 0. The summed E-state index contributed by atoms with van der Waals surface area (Å²) in [5, 5.41) is 2.33. The number of nitrogens with zero attached hydrogens (tertiary/aromatic N) is 2. The fraction of sp³-hybridized carbons (Fsp3) is 0.130. The molecule has 3 aromatic carbocycles. The number of benzene rings is 3. The van der Waals surface area contributed by atoms with Gasteiger partial charge in [-0.15, -0.1) is 0 Å². The van der Waals surface area contributed by atoms with Crippen molar-refractivity contribution in [1.29, 1.82) is 0 Å². The van der Waals surface area contributed by atoms with Crippen LogP contribution in [0.25, 0.3) is 0 Å². The largest absolute Gasteiger partial charge is 0.273 e. The first-order valence-corrected chi connectivity index (χ1v) is 10.2. The lowest BCUT2D eigenvalue weighted by molar-refractivity contribution is -0.126. The highest BCUT2D eigenvalue weighted by atomic mass is 35.5. The van der Waals surface area contributed by atoms with Crippen LogP contribution in [-0.2, 0) is 14.4 Å². The number of carbonyl (C=O) groups is 2. The molecular formula is C23H16Cl2N2O3. The van der Waals surface area contributed by atoms with E-state index in [0.29, 0.717) is 10.7 Å². The Morgan fingerprint density at radius 3 is 2.13 bits per heavy atom. The van der Waals surface area contributed by atoms with E-state index in [1.807, 2.05) is 60.7 Å². The van der Waals surface area contributed by atoms with Gasteiger partial charge in [-0.25, -0.2) is 9.96 Å². The SMILES string of the molecule is O=C1[C@H]2[C@@H](ON(c3ccccc3)[C@H]2c2ccccc2)C(=O)N1c1ccc(Cl)cc1Cl. The average Bonchev–Trinajstić information content (AvgIpc) is 3.26. The minimum Gasteiger partial charge on any atom is -0.273 e. The molecule has 2 aliphatic rings. The molecule has 0 radical (unpaired) electrons. The molecule has 0 spiro atoms. The Balaban J connectivity index is 1.59. The maximum Gasteiger partial charge on any atom is 0.266 e. The van der Waals surface area contributed by atoms with Gasteiger partial charge < -0.3 is 0 Å². The molecule has 2 saturated heterocycles. The van der Waals surface area contributed by atoms with Crippen molar-refractivity contribution < 1.29 is 14.4 Å². The van der Waals surface area contributed by atoms with E-state index >= 15 is 0 Å². The molecule has 2 heterocycles. The predicted octanol–water partition coefficient (Wildman–Crippen LogP) is 5.04. The standard InChI is InChI=1S/C23H16Cl2N2O3/c24-15-11-12-18(17(25)13-15)26-22(28)19-20(14-7-3-1-4-8-14)27(30-21(19)23(26)29)16-9-5-2-6-10-16/h1-13,19-21H/t19-,20+,21-/m1/s1. The zero-order valence-electron chi connectivity index (χ0n) is 15.6. The number of anilines is 2. The molecule has 0 unspecified atom stereocenters. The Kier molecular flexibility index (Phi) is 4.74. The van der Waals surface area contributed by atoms with Gasteiger partial charge in [0, 0.05) is 5.02 Å². The summed E-state index contributed by atoms with van der Waals surface area (Å²) in [5.41, 5.74) is 1.98. The highest BCUT2D eigenvalue weighted by Gasteiger charge is 2.60. The Hall–Kier alpha value is -2.86. The summed E-state index contributed by atoms with van der Waals surface area (Å²) in [5.74, 6) is -1.48. The topological polar surface area (TPSA) is 49.9 Å². The van der Waals surface area contributed by atoms with E-state index in [4.69, 9.17) is 28.0 Å². The van der Waals surface area contributed by atoms with Crippen LogP contribution in [0.4, 0.5) is 11.4 Å². The molecule has 0 aromatic heterocycles. The molecule has 0 saturated carbocycles. The van der Waals surface area contributed by atoms with Gasteiger partial charge in [-0.1, -0.05) is 71.7 Å². The Labute approximate surface area is 183 Å². The zero-order valence-corrected chi connectivity index (χ0v) is 17.1. The molecular weight excluding hydrogens is 423 g/mol. The van der Waals surface area contributed by atoms with Gasteiger partial charge in [0.15, 0.2) is 6.10 Å². The number of imide groups is 1. The zero-order chi connectivity index (χ0) is 20.8. The van der Waals surface area contributed by atoms with Crippen LogP contribution >= 0.6 is 23.2 Å². The van der Waals surface area contributed by atoms with Gasteiger partial charge in [-0.3, -0.25) is 14.4 Å². The Morgan fingerprint density at radius 1 is 0.800 bits per heavy atom. The summed E-state index contributed by atoms with van der Waals surface area (Å²) in [6, 6.07) is 23.3. The third-order valence-corrected chi connectivity index (χ3v) is 5.96. The number of para-hydroxylation sites is 1. The third kappa shape index (κ3) is 2.98. The molecule has 0 bridgehead atoms. The summed E-state index contributed by atoms with van der Waals surface area (Å²) in [7, 11) is 0. The average molecular weight is 439 g/mol. The highest BCUT2D eigenvalue weighted by Crippen LogP contribution is 2.48. The van der Waals surface area contributed by atoms with Crippen molar-refractivity contribution in [1.82, 2.24) is 0 Å². The van der Waals surface area contributed by atoms with Gasteiger partial charge in [-0.05, 0) is 35.9 Å². The molecule has 5 nitrogen and oxygen atoms in total. The van der Waals surface area contributed by atoms with Gasteiger partial charge >= 0.3 is 0 Å². The van der Waals surface area contributed by atoms with Gasteiger partial charge in [0.1, 0.15) is 5.92 Å². The first-order valence-electron chi connectivity index (χ1n) is 9.45. The third-order valence-electron chi connectivity index (χ3n) is 5.42. The van der Waals surface area contributed by atoms with Crippen molar-refractivity contribution in [3.8, 4) is 0 Å². The lowest BCUT2D eigenvalue weighted by Gasteiger charge is -2.28. The fourth-order valence-corrected chi connectivity index (χ4v) is 4.60. The van der Waals surface area contributed by atoms with Gasteiger partial charge in [0.25, 0.3) is 5.91 Å². The first kappa shape index (κ1) is 19.1. The Morgan fingerprint density at radius 2 is 1.47 bits per heavy atom. The van der Waals surface area contributed by atoms with Crippen LogP contribution in [0.1, 0.15) is 11.6 Å². The molecule has 150 valence electrons. The lowest BCUT2D eigenvalue weighted by atomic mass is 9.90. The molecule has 5 rings (SSSR count). The minimum absolute atomic E-state index is 0.236. The second kappa shape index (κ2) is 7.43. The number of halogens is 2. The van der Waals surface area contributed by atoms with Crippen molar-refractivity contribution in [3.05, 3.63) is 94.5 Å². The van der Waals surface area contributed by atoms with Crippen molar-refractivity contribution in [2.75, 3.05) is 9.96 Å². The number of hydrogen-bond acceptors (Lipinski definition) is 4. The molecule has 3 aromatic rings.